The Morgan fingerprint density at radius 3 is 2.31 bits per heavy atom. The molecule has 3 N–H and O–H groups in total. The van der Waals surface area contributed by atoms with Crippen LogP contribution in [0.15, 0.2) is 0 Å². The molecule has 0 saturated carbocycles. The molecule has 1 amide bonds. The Morgan fingerprint density at radius 1 is 1.31 bits per heavy atom. The Hall–Kier alpha value is -0.420. The number of carbonyl (C=O) groups is 1. The van der Waals surface area contributed by atoms with Gasteiger partial charge in [-0.05, 0) is 26.2 Å². The fraction of sp³-hybridized carbons (Fsp3) is 0.909. The summed E-state index contributed by atoms with van der Waals surface area (Å²) in [6.45, 7) is 8.68. The van der Waals surface area contributed by atoms with Gasteiger partial charge in [-0.15, -0.1) is 0 Å². The first-order chi connectivity index (χ1) is 7.40. The Balaban J connectivity index is 4.03. The maximum Gasteiger partial charge on any atom is 0.235 e. The lowest BCUT2D eigenvalue weighted by atomic mass is 10.1. The van der Waals surface area contributed by atoms with Crippen LogP contribution in [0.1, 0.15) is 34.1 Å². The molecule has 0 aliphatic heterocycles. The number of rotatable bonds is 7. The second-order valence-electron chi connectivity index (χ2n) is 4.49. The molecule has 3 atom stereocenters. The highest BCUT2D eigenvalue weighted by Crippen LogP contribution is 2.03. The van der Waals surface area contributed by atoms with Crippen molar-refractivity contribution < 1.29 is 9.00 Å². The summed E-state index contributed by atoms with van der Waals surface area (Å²) in [7, 11) is -1.19. The van der Waals surface area contributed by atoms with E-state index in [-0.39, 0.29) is 11.2 Å². The highest BCUT2D eigenvalue weighted by molar-refractivity contribution is 7.87. The van der Waals surface area contributed by atoms with Gasteiger partial charge in [-0.25, -0.2) is 0 Å². The topological polar surface area (TPSA) is 72.2 Å². The molecule has 0 aromatic heterocycles. The zero-order chi connectivity index (χ0) is 12.7. The van der Waals surface area contributed by atoms with E-state index in [2.05, 4.69) is 19.2 Å². The van der Waals surface area contributed by atoms with Crippen LogP contribution < -0.4 is 11.1 Å². The normalized spacial score (nSPS) is 16.9. The maximum absolute atomic E-state index is 11.8. The maximum atomic E-state index is 11.8. The summed E-state index contributed by atoms with van der Waals surface area (Å²) < 4.78 is 11.8. The SMILES string of the molecule is CC(C)CCNC(=O)C(C)S(=O)C(C)CN. The smallest absolute Gasteiger partial charge is 0.235 e. The summed E-state index contributed by atoms with van der Waals surface area (Å²) in [5.74, 6) is 0.420. The zero-order valence-corrected chi connectivity index (χ0v) is 11.5. The van der Waals surface area contributed by atoms with Crippen molar-refractivity contribution in [3.63, 3.8) is 0 Å². The van der Waals surface area contributed by atoms with Crippen molar-refractivity contribution in [3.8, 4) is 0 Å². The number of amides is 1. The van der Waals surface area contributed by atoms with E-state index in [0.717, 1.165) is 6.42 Å². The third-order valence-electron chi connectivity index (χ3n) is 2.47. The second kappa shape index (κ2) is 7.79. The first-order valence-corrected chi connectivity index (χ1v) is 7.04. The van der Waals surface area contributed by atoms with Crippen LogP contribution in [0.4, 0.5) is 0 Å². The summed E-state index contributed by atoms with van der Waals surface area (Å²) in [6.07, 6.45) is 0.942. The van der Waals surface area contributed by atoms with Crippen LogP contribution in [-0.2, 0) is 15.6 Å². The van der Waals surface area contributed by atoms with Gasteiger partial charge in [0.25, 0.3) is 0 Å². The predicted molar refractivity (Wildman–Crippen MR) is 68.6 cm³/mol. The van der Waals surface area contributed by atoms with Crippen molar-refractivity contribution in [2.45, 2.75) is 44.6 Å². The summed E-state index contributed by atoms with van der Waals surface area (Å²) in [6, 6.07) is 0. The van der Waals surface area contributed by atoms with E-state index in [9.17, 15) is 9.00 Å². The average Bonchev–Trinajstić information content (AvgIpc) is 2.25. The first kappa shape index (κ1) is 15.6. The molecule has 0 radical (unpaired) electrons. The van der Waals surface area contributed by atoms with Crippen molar-refractivity contribution in [2.24, 2.45) is 11.7 Å². The van der Waals surface area contributed by atoms with E-state index < -0.39 is 16.0 Å². The fourth-order valence-corrected chi connectivity index (χ4v) is 2.36. The van der Waals surface area contributed by atoms with Gasteiger partial charge in [-0.3, -0.25) is 9.00 Å². The number of hydrogen-bond donors (Lipinski definition) is 2. The molecular formula is C11H24N2O2S. The minimum absolute atomic E-state index is 0.133. The van der Waals surface area contributed by atoms with Crippen molar-refractivity contribution in [3.05, 3.63) is 0 Å². The third kappa shape index (κ3) is 5.61. The van der Waals surface area contributed by atoms with E-state index in [1.165, 1.54) is 0 Å². The summed E-state index contributed by atoms with van der Waals surface area (Å²) in [5.41, 5.74) is 5.43. The van der Waals surface area contributed by atoms with Crippen molar-refractivity contribution >= 4 is 16.7 Å². The molecule has 0 fully saturated rings. The van der Waals surface area contributed by atoms with E-state index in [0.29, 0.717) is 19.0 Å². The molecule has 0 heterocycles. The fourth-order valence-electron chi connectivity index (χ4n) is 1.18. The summed E-state index contributed by atoms with van der Waals surface area (Å²) >= 11 is 0. The molecule has 0 saturated heterocycles. The van der Waals surface area contributed by atoms with Gasteiger partial charge in [0.2, 0.25) is 5.91 Å². The Kier molecular flexibility index (Phi) is 7.58. The van der Waals surface area contributed by atoms with Crippen LogP contribution in [-0.4, -0.2) is 33.7 Å². The van der Waals surface area contributed by atoms with Crippen LogP contribution in [0, 0.1) is 5.92 Å². The molecular weight excluding hydrogens is 224 g/mol. The van der Waals surface area contributed by atoms with Crippen molar-refractivity contribution in [1.29, 1.82) is 0 Å². The number of carbonyl (C=O) groups excluding carboxylic acids is 1. The van der Waals surface area contributed by atoms with E-state index in [1.807, 2.05) is 0 Å². The Labute approximate surface area is 101 Å². The predicted octanol–water partition coefficient (Wildman–Crippen LogP) is 0.633. The molecule has 0 aromatic carbocycles. The van der Waals surface area contributed by atoms with Gasteiger partial charge in [-0.1, -0.05) is 13.8 Å². The monoisotopic (exact) mass is 248 g/mol. The van der Waals surface area contributed by atoms with E-state index in [1.54, 1.807) is 13.8 Å². The molecule has 0 rings (SSSR count). The van der Waals surface area contributed by atoms with Gasteiger partial charge in [-0.2, -0.15) is 0 Å². The van der Waals surface area contributed by atoms with Gasteiger partial charge in [0.15, 0.2) is 0 Å². The van der Waals surface area contributed by atoms with Crippen molar-refractivity contribution in [2.75, 3.05) is 13.1 Å². The summed E-state index contributed by atoms with van der Waals surface area (Å²) in [5, 5.41) is 2.19. The zero-order valence-electron chi connectivity index (χ0n) is 10.7. The average molecular weight is 248 g/mol. The number of nitrogens with one attached hydrogen (secondary N) is 1. The highest BCUT2D eigenvalue weighted by atomic mass is 32.2. The molecule has 0 aliphatic rings. The highest BCUT2D eigenvalue weighted by Gasteiger charge is 2.23. The van der Waals surface area contributed by atoms with E-state index in [4.69, 9.17) is 5.73 Å². The Bertz CT molecular complexity index is 244. The van der Waals surface area contributed by atoms with Crippen molar-refractivity contribution in [1.82, 2.24) is 5.32 Å². The molecule has 3 unspecified atom stereocenters. The minimum atomic E-state index is -1.19. The van der Waals surface area contributed by atoms with Gasteiger partial charge < -0.3 is 11.1 Å². The summed E-state index contributed by atoms with van der Waals surface area (Å²) in [4.78, 5) is 11.6. The third-order valence-corrected chi connectivity index (χ3v) is 4.36. The minimum Gasteiger partial charge on any atom is -0.355 e. The van der Waals surface area contributed by atoms with Gasteiger partial charge in [0.05, 0.1) is 0 Å². The molecule has 0 aliphatic carbocycles. The molecule has 0 spiro atoms. The second-order valence-corrected chi connectivity index (χ2v) is 6.66. The molecule has 0 bridgehead atoms. The first-order valence-electron chi connectivity index (χ1n) is 5.77. The van der Waals surface area contributed by atoms with Crippen LogP contribution in [0.3, 0.4) is 0 Å². The molecule has 4 nitrogen and oxygen atoms in total. The molecule has 96 valence electrons. The lowest BCUT2D eigenvalue weighted by molar-refractivity contribution is -0.120. The van der Waals surface area contributed by atoms with E-state index >= 15 is 0 Å². The van der Waals surface area contributed by atoms with Crippen LogP contribution in [0.2, 0.25) is 0 Å². The van der Waals surface area contributed by atoms with Crippen LogP contribution in [0.25, 0.3) is 0 Å². The van der Waals surface area contributed by atoms with Crippen LogP contribution >= 0.6 is 0 Å². The molecule has 5 heteroatoms. The molecule has 0 aromatic rings. The molecule has 16 heavy (non-hydrogen) atoms. The quantitative estimate of drug-likeness (QED) is 0.694. The Morgan fingerprint density at radius 2 is 1.88 bits per heavy atom. The van der Waals surface area contributed by atoms with Crippen LogP contribution in [0.5, 0.6) is 0 Å². The lowest BCUT2D eigenvalue weighted by Gasteiger charge is -2.16. The lowest BCUT2D eigenvalue weighted by Crippen LogP contribution is -2.40. The van der Waals surface area contributed by atoms with Gasteiger partial charge in [0.1, 0.15) is 5.25 Å². The number of hydrogen-bond acceptors (Lipinski definition) is 3. The number of nitrogens with two attached hydrogens (primary N) is 1. The standard InChI is InChI=1S/C11H24N2O2S/c1-8(2)5-6-13-11(14)10(4)16(15)9(3)7-12/h8-10H,5-7,12H2,1-4H3,(H,13,14). The van der Waals surface area contributed by atoms with Gasteiger partial charge >= 0.3 is 0 Å². The largest absolute Gasteiger partial charge is 0.355 e. The van der Waals surface area contributed by atoms with Gasteiger partial charge in [0, 0.05) is 29.1 Å².